The van der Waals surface area contributed by atoms with Crippen LogP contribution in [0, 0.1) is 0 Å². The molecule has 0 saturated carbocycles. The number of H-pyrrole nitrogens is 1. The molecule has 128 valence electrons. The Balaban J connectivity index is 1.40. The zero-order chi connectivity index (χ0) is 17.5. The number of nitrogens with zero attached hydrogens (tertiary/aromatic N) is 1. The first-order valence-corrected chi connectivity index (χ1v) is 8.26. The average molecular weight is 336 g/mol. The van der Waals surface area contributed by atoms with E-state index in [0.29, 0.717) is 12.2 Å². The molecule has 0 aliphatic heterocycles. The van der Waals surface area contributed by atoms with E-state index in [1.165, 1.54) is 5.56 Å². The number of aryl methyl sites for hydroxylation is 1. The molecule has 0 spiro atoms. The van der Waals surface area contributed by atoms with Crippen molar-refractivity contribution in [3.8, 4) is 0 Å². The minimum Gasteiger partial charge on any atom is -0.355 e. The van der Waals surface area contributed by atoms with Crippen molar-refractivity contribution in [2.75, 3.05) is 13.1 Å². The molecule has 3 N–H and O–H groups in total. The van der Waals surface area contributed by atoms with E-state index in [9.17, 15) is 9.59 Å². The first kappa shape index (κ1) is 16.7. The number of carbonyl (C=O) groups excluding carboxylic acids is 2. The van der Waals surface area contributed by atoms with Crippen molar-refractivity contribution in [3.05, 3.63) is 65.9 Å². The van der Waals surface area contributed by atoms with Crippen LogP contribution in [0.15, 0.2) is 54.6 Å². The van der Waals surface area contributed by atoms with Gasteiger partial charge in [0.2, 0.25) is 5.91 Å². The van der Waals surface area contributed by atoms with Gasteiger partial charge in [0.1, 0.15) is 0 Å². The van der Waals surface area contributed by atoms with Crippen LogP contribution in [-0.4, -0.2) is 35.1 Å². The Hall–Kier alpha value is -3.15. The number of amides is 2. The Labute approximate surface area is 145 Å². The van der Waals surface area contributed by atoms with Crippen LogP contribution in [0.25, 0.3) is 10.9 Å². The van der Waals surface area contributed by atoms with Gasteiger partial charge in [-0.2, -0.15) is 5.10 Å². The monoisotopic (exact) mass is 336 g/mol. The molecule has 0 unspecified atom stereocenters. The summed E-state index contributed by atoms with van der Waals surface area (Å²) in [4.78, 5) is 24.0. The van der Waals surface area contributed by atoms with Crippen molar-refractivity contribution in [2.24, 2.45) is 0 Å². The summed E-state index contributed by atoms with van der Waals surface area (Å²) in [6.07, 6.45) is 1.76. The molecule has 25 heavy (non-hydrogen) atoms. The number of benzene rings is 2. The Kier molecular flexibility index (Phi) is 5.41. The van der Waals surface area contributed by atoms with Gasteiger partial charge in [-0.05, 0) is 24.5 Å². The van der Waals surface area contributed by atoms with Crippen LogP contribution in [0.5, 0.6) is 0 Å². The molecular weight excluding hydrogens is 316 g/mol. The minimum absolute atomic E-state index is 0.0641. The van der Waals surface area contributed by atoms with Gasteiger partial charge in [-0.3, -0.25) is 14.7 Å². The van der Waals surface area contributed by atoms with Gasteiger partial charge in [-0.15, -0.1) is 0 Å². The molecule has 0 aliphatic carbocycles. The lowest BCUT2D eigenvalue weighted by molar-refractivity contribution is -0.120. The zero-order valence-corrected chi connectivity index (χ0v) is 13.8. The molecule has 0 aliphatic rings. The summed E-state index contributed by atoms with van der Waals surface area (Å²) >= 11 is 0. The highest BCUT2D eigenvalue weighted by Gasteiger charge is 2.14. The third-order valence-electron chi connectivity index (χ3n) is 3.90. The first-order chi connectivity index (χ1) is 12.2. The summed E-state index contributed by atoms with van der Waals surface area (Å²) in [5.41, 5.74) is 2.33. The molecule has 1 aromatic heterocycles. The van der Waals surface area contributed by atoms with Crippen molar-refractivity contribution < 1.29 is 9.59 Å². The Bertz CT molecular complexity index is 858. The number of aromatic amines is 1. The highest BCUT2D eigenvalue weighted by molar-refractivity contribution is 6.05. The number of para-hydroxylation sites is 1. The molecule has 0 radical (unpaired) electrons. The summed E-state index contributed by atoms with van der Waals surface area (Å²) in [5, 5.41) is 13.0. The molecule has 3 rings (SSSR count). The number of fused-ring (bicyclic) bond motifs is 1. The minimum atomic E-state index is -0.364. The maximum atomic E-state index is 12.2. The van der Waals surface area contributed by atoms with Gasteiger partial charge in [-0.25, -0.2) is 0 Å². The van der Waals surface area contributed by atoms with Crippen molar-refractivity contribution in [3.63, 3.8) is 0 Å². The van der Waals surface area contributed by atoms with Gasteiger partial charge in [0.15, 0.2) is 5.69 Å². The third kappa shape index (κ3) is 4.44. The van der Waals surface area contributed by atoms with Crippen molar-refractivity contribution >= 4 is 22.7 Å². The van der Waals surface area contributed by atoms with Crippen molar-refractivity contribution in [1.82, 2.24) is 20.8 Å². The quantitative estimate of drug-likeness (QED) is 0.577. The fourth-order valence-electron chi connectivity index (χ4n) is 2.61. The van der Waals surface area contributed by atoms with Gasteiger partial charge < -0.3 is 10.6 Å². The van der Waals surface area contributed by atoms with Crippen LogP contribution in [0.3, 0.4) is 0 Å². The van der Waals surface area contributed by atoms with Gasteiger partial charge >= 0.3 is 0 Å². The number of hydrogen-bond acceptors (Lipinski definition) is 3. The van der Waals surface area contributed by atoms with E-state index >= 15 is 0 Å². The molecule has 2 amide bonds. The van der Waals surface area contributed by atoms with Crippen molar-refractivity contribution in [2.45, 2.75) is 12.8 Å². The largest absolute Gasteiger partial charge is 0.355 e. The normalized spacial score (nSPS) is 10.6. The van der Waals surface area contributed by atoms with Crippen LogP contribution in [0.1, 0.15) is 22.5 Å². The van der Waals surface area contributed by atoms with Crippen LogP contribution in [0.4, 0.5) is 0 Å². The van der Waals surface area contributed by atoms with E-state index in [4.69, 9.17) is 0 Å². The molecule has 1 heterocycles. The van der Waals surface area contributed by atoms with Crippen molar-refractivity contribution in [1.29, 1.82) is 0 Å². The number of nitrogens with one attached hydrogen (secondary N) is 3. The van der Waals surface area contributed by atoms with Gasteiger partial charge in [-0.1, -0.05) is 48.5 Å². The van der Waals surface area contributed by atoms with E-state index in [-0.39, 0.29) is 18.4 Å². The predicted molar refractivity (Wildman–Crippen MR) is 96.2 cm³/mol. The molecule has 0 saturated heterocycles. The highest BCUT2D eigenvalue weighted by Crippen LogP contribution is 2.14. The molecule has 0 fully saturated rings. The van der Waals surface area contributed by atoms with Crippen LogP contribution < -0.4 is 10.6 Å². The SMILES string of the molecule is O=C(CNC(=O)c1n[nH]c2ccccc12)NCCCc1ccccc1. The van der Waals surface area contributed by atoms with E-state index in [1.807, 2.05) is 42.5 Å². The second-order valence-electron chi connectivity index (χ2n) is 5.74. The Morgan fingerprint density at radius 2 is 1.72 bits per heavy atom. The predicted octanol–water partition coefficient (Wildman–Crippen LogP) is 2.04. The third-order valence-corrected chi connectivity index (χ3v) is 3.90. The van der Waals surface area contributed by atoms with E-state index in [2.05, 4.69) is 33.0 Å². The summed E-state index contributed by atoms with van der Waals surface area (Å²) in [5.74, 6) is -0.571. The number of rotatable bonds is 7. The second kappa shape index (κ2) is 8.10. The standard InChI is InChI=1S/C19H20N4O2/c24-17(20-12-6-9-14-7-2-1-3-8-14)13-21-19(25)18-15-10-4-5-11-16(15)22-23-18/h1-5,7-8,10-11H,6,9,12-13H2,(H,20,24)(H,21,25)(H,22,23). The molecule has 2 aromatic carbocycles. The molecule has 0 atom stereocenters. The molecular formula is C19H20N4O2. The fourth-order valence-corrected chi connectivity index (χ4v) is 2.61. The molecule has 6 heteroatoms. The average Bonchev–Trinajstić information content (AvgIpc) is 3.08. The molecule has 3 aromatic rings. The number of hydrogen-bond donors (Lipinski definition) is 3. The zero-order valence-electron chi connectivity index (χ0n) is 13.8. The number of carbonyl (C=O) groups is 2. The maximum absolute atomic E-state index is 12.2. The molecule has 6 nitrogen and oxygen atoms in total. The lowest BCUT2D eigenvalue weighted by atomic mass is 10.1. The lowest BCUT2D eigenvalue weighted by Gasteiger charge is -2.06. The highest BCUT2D eigenvalue weighted by atomic mass is 16.2. The summed E-state index contributed by atoms with van der Waals surface area (Å²) in [6, 6.07) is 17.5. The lowest BCUT2D eigenvalue weighted by Crippen LogP contribution is -2.37. The smallest absolute Gasteiger partial charge is 0.272 e. The van der Waals surface area contributed by atoms with Gasteiger partial charge in [0.05, 0.1) is 12.1 Å². The Morgan fingerprint density at radius 1 is 0.960 bits per heavy atom. The van der Waals surface area contributed by atoms with Crippen LogP contribution in [-0.2, 0) is 11.2 Å². The fraction of sp³-hybridized carbons (Fsp3) is 0.211. The topological polar surface area (TPSA) is 86.9 Å². The Morgan fingerprint density at radius 3 is 2.56 bits per heavy atom. The van der Waals surface area contributed by atoms with Crippen LogP contribution >= 0.6 is 0 Å². The van der Waals surface area contributed by atoms with E-state index in [0.717, 1.165) is 23.7 Å². The van der Waals surface area contributed by atoms with Gasteiger partial charge in [0, 0.05) is 11.9 Å². The number of aromatic nitrogens is 2. The van der Waals surface area contributed by atoms with Crippen LogP contribution in [0.2, 0.25) is 0 Å². The summed E-state index contributed by atoms with van der Waals surface area (Å²) < 4.78 is 0. The maximum Gasteiger partial charge on any atom is 0.272 e. The summed E-state index contributed by atoms with van der Waals surface area (Å²) in [7, 11) is 0. The van der Waals surface area contributed by atoms with E-state index < -0.39 is 0 Å². The van der Waals surface area contributed by atoms with Gasteiger partial charge in [0.25, 0.3) is 5.91 Å². The molecule has 0 bridgehead atoms. The second-order valence-corrected chi connectivity index (χ2v) is 5.74. The summed E-state index contributed by atoms with van der Waals surface area (Å²) in [6.45, 7) is 0.514. The first-order valence-electron chi connectivity index (χ1n) is 8.26. The van der Waals surface area contributed by atoms with E-state index in [1.54, 1.807) is 0 Å².